The summed E-state index contributed by atoms with van der Waals surface area (Å²) < 4.78 is 20.7. The van der Waals surface area contributed by atoms with E-state index < -0.39 is 14.1 Å². The van der Waals surface area contributed by atoms with Crippen molar-refractivity contribution in [3.63, 3.8) is 0 Å². The van der Waals surface area contributed by atoms with Gasteiger partial charge in [-0.25, -0.2) is 0 Å². The van der Waals surface area contributed by atoms with Gasteiger partial charge in [0.15, 0.2) is 14.1 Å². The van der Waals surface area contributed by atoms with Crippen molar-refractivity contribution in [3.8, 4) is 11.8 Å². The summed E-state index contributed by atoms with van der Waals surface area (Å²) in [6, 6.07) is 0. The maximum Gasteiger partial charge on any atom is 0.192 e. The predicted molar refractivity (Wildman–Crippen MR) is 145 cm³/mol. The molecule has 5 rings (SSSR count). The predicted octanol–water partition coefficient (Wildman–Crippen LogP) is 7.72. The van der Waals surface area contributed by atoms with E-state index in [4.69, 9.17) is 13.9 Å². The highest BCUT2D eigenvalue weighted by molar-refractivity contribution is 6.74. The van der Waals surface area contributed by atoms with Crippen molar-refractivity contribution < 1.29 is 13.9 Å². The highest BCUT2D eigenvalue weighted by atomic mass is 28.4. The van der Waals surface area contributed by atoms with Crippen LogP contribution in [0, 0.1) is 46.3 Å². The molecule has 0 aromatic heterocycles. The van der Waals surface area contributed by atoms with E-state index in [1.54, 1.807) is 0 Å². The van der Waals surface area contributed by atoms with Gasteiger partial charge in [-0.3, -0.25) is 0 Å². The summed E-state index contributed by atoms with van der Waals surface area (Å²) in [5, 5.41) is 0.241. The molecular weight excluding hydrogens is 448 g/mol. The quantitative estimate of drug-likeness (QED) is 0.288. The van der Waals surface area contributed by atoms with Crippen molar-refractivity contribution >= 4 is 8.32 Å². The molecule has 0 radical (unpaired) electrons. The van der Waals surface area contributed by atoms with Gasteiger partial charge in [0.25, 0.3) is 0 Å². The van der Waals surface area contributed by atoms with Crippen molar-refractivity contribution in [1.29, 1.82) is 0 Å². The fraction of sp³-hybridized carbons (Fsp3) is 0.871. The molecule has 1 heterocycles. The van der Waals surface area contributed by atoms with Crippen LogP contribution in [0.25, 0.3) is 0 Å². The molecule has 0 N–H and O–H groups in total. The number of fused-ring (bicyclic) bond motifs is 8. The number of hydrogen-bond acceptors (Lipinski definition) is 3. The van der Waals surface area contributed by atoms with E-state index in [2.05, 4.69) is 79.5 Å². The monoisotopic (exact) mass is 498 g/mol. The molecule has 4 heteroatoms. The van der Waals surface area contributed by atoms with Crippen LogP contribution in [0.3, 0.4) is 0 Å². The third kappa shape index (κ3) is 3.94. The highest BCUT2D eigenvalue weighted by Crippen LogP contribution is 2.68. The Bertz CT molecular complexity index is 949. The molecule has 0 bridgehead atoms. The molecule has 1 aliphatic heterocycles. The zero-order valence-corrected chi connectivity index (χ0v) is 25.1. The lowest BCUT2D eigenvalue weighted by atomic mass is 9.43. The summed E-state index contributed by atoms with van der Waals surface area (Å²) in [4.78, 5) is 0. The van der Waals surface area contributed by atoms with E-state index >= 15 is 0 Å². The minimum absolute atomic E-state index is 0.172. The van der Waals surface area contributed by atoms with E-state index in [-0.39, 0.29) is 22.7 Å². The van der Waals surface area contributed by atoms with Gasteiger partial charge >= 0.3 is 0 Å². The van der Waals surface area contributed by atoms with Crippen LogP contribution in [0.1, 0.15) is 93.9 Å². The van der Waals surface area contributed by atoms with Crippen LogP contribution in [-0.2, 0) is 13.9 Å². The minimum Gasteiger partial charge on any atom is -0.414 e. The van der Waals surface area contributed by atoms with E-state index in [1.807, 2.05) is 6.92 Å². The zero-order valence-electron chi connectivity index (χ0n) is 24.1. The molecule has 196 valence electrons. The van der Waals surface area contributed by atoms with Gasteiger partial charge < -0.3 is 13.9 Å². The molecule has 0 aromatic carbocycles. The van der Waals surface area contributed by atoms with Gasteiger partial charge in [-0.2, -0.15) is 0 Å². The smallest absolute Gasteiger partial charge is 0.192 e. The summed E-state index contributed by atoms with van der Waals surface area (Å²) >= 11 is 0. The second-order valence-electron chi connectivity index (χ2n) is 14.9. The van der Waals surface area contributed by atoms with Crippen molar-refractivity contribution in [2.75, 3.05) is 0 Å². The van der Waals surface area contributed by atoms with Crippen molar-refractivity contribution in [2.24, 2.45) is 34.5 Å². The Morgan fingerprint density at radius 2 is 1.66 bits per heavy atom. The van der Waals surface area contributed by atoms with E-state index in [0.717, 1.165) is 12.8 Å². The first-order chi connectivity index (χ1) is 16.1. The van der Waals surface area contributed by atoms with Crippen LogP contribution in [-0.4, -0.2) is 32.4 Å². The van der Waals surface area contributed by atoms with E-state index in [1.165, 1.54) is 31.3 Å². The second-order valence-corrected chi connectivity index (χ2v) is 19.7. The number of hydrogen-bond donors (Lipinski definition) is 0. The Labute approximate surface area is 216 Å². The van der Waals surface area contributed by atoms with Crippen LogP contribution >= 0.6 is 0 Å². The average Bonchev–Trinajstić information content (AvgIpc) is 3.24. The van der Waals surface area contributed by atoms with Crippen LogP contribution in [0.15, 0.2) is 11.6 Å². The largest absolute Gasteiger partial charge is 0.414 e. The van der Waals surface area contributed by atoms with Crippen LogP contribution in [0.5, 0.6) is 0 Å². The van der Waals surface area contributed by atoms with Gasteiger partial charge in [0.2, 0.25) is 0 Å². The third-order valence-corrected chi connectivity index (χ3v) is 16.1. The molecule has 3 saturated carbocycles. The van der Waals surface area contributed by atoms with E-state index in [9.17, 15) is 0 Å². The fourth-order valence-corrected chi connectivity index (χ4v) is 10.1. The Hall–Kier alpha value is -0.603. The summed E-state index contributed by atoms with van der Waals surface area (Å²) in [5.74, 6) is 8.54. The van der Waals surface area contributed by atoms with Gasteiger partial charge in [0.1, 0.15) is 0 Å². The molecule has 4 aliphatic carbocycles. The van der Waals surface area contributed by atoms with Gasteiger partial charge in [0.05, 0.1) is 12.2 Å². The Kier molecular flexibility index (Phi) is 6.09. The SMILES string of the molecule is CC#CC1=CCC2C3C(CC[C@]12C)[C@@]1(C)CC[C@H](O[Si](C)(C)C(C)(C)C)CC1[C@H]1OC(C)(C)O[C@H]31. The molecule has 35 heavy (non-hydrogen) atoms. The van der Waals surface area contributed by atoms with Crippen molar-refractivity contribution in [1.82, 2.24) is 0 Å². The lowest BCUT2D eigenvalue weighted by Gasteiger charge is -2.63. The van der Waals surface area contributed by atoms with Crippen LogP contribution < -0.4 is 0 Å². The Morgan fingerprint density at radius 3 is 2.31 bits per heavy atom. The first kappa shape index (κ1) is 26.0. The van der Waals surface area contributed by atoms with Gasteiger partial charge in [-0.05, 0) is 107 Å². The summed E-state index contributed by atoms with van der Waals surface area (Å²) in [5.41, 5.74) is 1.87. The number of allylic oxidation sites excluding steroid dienone is 2. The van der Waals surface area contributed by atoms with Crippen LogP contribution in [0.4, 0.5) is 0 Å². The summed E-state index contributed by atoms with van der Waals surface area (Å²) in [7, 11) is -1.80. The molecule has 5 aliphatic rings. The third-order valence-electron chi connectivity index (χ3n) is 11.6. The lowest BCUT2D eigenvalue weighted by Crippen LogP contribution is -2.63. The Balaban J connectivity index is 1.47. The maximum atomic E-state index is 7.02. The normalized spacial score (nSPS) is 46.5. The molecule has 0 aromatic rings. The lowest BCUT2D eigenvalue weighted by molar-refractivity contribution is -0.182. The molecule has 4 fully saturated rings. The van der Waals surface area contributed by atoms with Gasteiger partial charge in [-0.1, -0.05) is 46.6 Å². The van der Waals surface area contributed by atoms with Gasteiger partial charge in [0, 0.05) is 17.1 Å². The first-order valence-electron chi connectivity index (χ1n) is 14.3. The maximum absolute atomic E-state index is 7.02. The summed E-state index contributed by atoms with van der Waals surface area (Å²) in [6.45, 7) is 23.2. The fourth-order valence-electron chi connectivity index (χ4n) is 8.75. The van der Waals surface area contributed by atoms with Crippen molar-refractivity contribution in [2.45, 2.75) is 136 Å². The Morgan fingerprint density at radius 1 is 0.971 bits per heavy atom. The summed E-state index contributed by atoms with van der Waals surface area (Å²) in [6.07, 6.45) is 10.4. The molecule has 1 saturated heterocycles. The van der Waals surface area contributed by atoms with Gasteiger partial charge in [-0.15, -0.1) is 5.92 Å². The molecule has 4 unspecified atom stereocenters. The molecule has 0 amide bonds. The molecule has 9 atom stereocenters. The molecular formula is C31H50O3Si. The molecule has 3 nitrogen and oxygen atoms in total. The number of ether oxygens (including phenoxy) is 2. The second kappa shape index (κ2) is 8.20. The van der Waals surface area contributed by atoms with Crippen LogP contribution in [0.2, 0.25) is 18.1 Å². The first-order valence-corrected chi connectivity index (χ1v) is 17.2. The average molecular weight is 499 g/mol. The molecule has 0 spiro atoms. The van der Waals surface area contributed by atoms with E-state index in [0.29, 0.717) is 35.2 Å². The standard InChI is InChI=1S/C31H50O3Si/c1-11-12-20-13-14-22-25-23(16-18-30(20,22)7)31(8)17-15-21(34-35(9,10)28(2,3)4)19-24(31)26-27(25)33-29(5,6)32-26/h13,21-27H,14-19H2,1-10H3/t21-,22?,23?,24?,25?,26+,27+,30+,31+/m0/s1. The zero-order chi connectivity index (χ0) is 25.6. The number of rotatable bonds is 2. The highest BCUT2D eigenvalue weighted by Gasteiger charge is 2.68. The topological polar surface area (TPSA) is 27.7 Å². The van der Waals surface area contributed by atoms with Crippen molar-refractivity contribution in [3.05, 3.63) is 11.6 Å². The minimum atomic E-state index is -1.80.